The van der Waals surface area contributed by atoms with E-state index in [0.717, 1.165) is 26.8 Å². The lowest BCUT2D eigenvalue weighted by Gasteiger charge is -2.27. The van der Waals surface area contributed by atoms with E-state index in [1.165, 1.54) is 13.2 Å². The topological polar surface area (TPSA) is 75.7 Å². The second-order valence-electron chi connectivity index (χ2n) is 7.15. The fraction of sp³-hybridized carbons (Fsp3) is 0.125. The highest BCUT2D eigenvalue weighted by Crippen LogP contribution is 2.32. The van der Waals surface area contributed by atoms with Gasteiger partial charge in [0.05, 0.1) is 12.8 Å². The average Bonchev–Trinajstić information content (AvgIpc) is 2.72. The Morgan fingerprint density at radius 3 is 2.47 bits per heavy atom. The minimum Gasteiger partial charge on any atom is -0.496 e. The van der Waals surface area contributed by atoms with E-state index in [0.29, 0.717) is 17.0 Å². The van der Waals surface area contributed by atoms with Crippen LogP contribution in [0.5, 0.6) is 5.75 Å². The van der Waals surface area contributed by atoms with E-state index in [1.807, 2.05) is 56.3 Å². The Hall–Kier alpha value is -3.93. The van der Waals surface area contributed by atoms with Gasteiger partial charge in [0, 0.05) is 5.56 Å². The lowest BCUT2D eigenvalue weighted by molar-refractivity contribution is -0.122. The molecule has 1 N–H and O–H groups in total. The van der Waals surface area contributed by atoms with Gasteiger partial charge in [-0.25, -0.2) is 9.69 Å². The van der Waals surface area contributed by atoms with Crippen LogP contribution in [-0.4, -0.2) is 25.0 Å². The molecule has 1 fully saturated rings. The molecule has 0 spiro atoms. The van der Waals surface area contributed by atoms with Gasteiger partial charge in [0.25, 0.3) is 11.8 Å². The van der Waals surface area contributed by atoms with Gasteiger partial charge >= 0.3 is 6.03 Å². The van der Waals surface area contributed by atoms with Gasteiger partial charge < -0.3 is 4.74 Å². The zero-order valence-corrected chi connectivity index (χ0v) is 16.9. The van der Waals surface area contributed by atoms with Gasteiger partial charge in [-0.1, -0.05) is 48.0 Å². The molecular weight excluding hydrogens is 380 g/mol. The Balaban J connectivity index is 1.88. The number of fused-ring (bicyclic) bond motifs is 1. The van der Waals surface area contributed by atoms with Crippen molar-refractivity contribution < 1.29 is 19.1 Å². The normalized spacial score (nSPS) is 15.6. The summed E-state index contributed by atoms with van der Waals surface area (Å²) in [6.45, 7) is 3.74. The highest BCUT2D eigenvalue weighted by molar-refractivity contribution is 6.39. The Bertz CT molecular complexity index is 1240. The number of amides is 4. The number of benzene rings is 3. The summed E-state index contributed by atoms with van der Waals surface area (Å²) < 4.78 is 5.46. The molecule has 6 nitrogen and oxygen atoms in total. The molecule has 4 rings (SSSR count). The number of barbiturate groups is 1. The summed E-state index contributed by atoms with van der Waals surface area (Å²) in [7, 11) is 1.53. The highest BCUT2D eigenvalue weighted by atomic mass is 16.5. The number of carbonyl (C=O) groups excluding carboxylic acids is 3. The first-order valence-electron chi connectivity index (χ1n) is 9.45. The average molecular weight is 400 g/mol. The van der Waals surface area contributed by atoms with Gasteiger partial charge in [0.2, 0.25) is 0 Å². The zero-order valence-electron chi connectivity index (χ0n) is 16.9. The number of methoxy groups -OCH3 is 1. The zero-order chi connectivity index (χ0) is 21.4. The molecule has 0 unspecified atom stereocenters. The largest absolute Gasteiger partial charge is 0.496 e. The van der Waals surface area contributed by atoms with E-state index in [4.69, 9.17) is 4.74 Å². The van der Waals surface area contributed by atoms with E-state index in [-0.39, 0.29) is 5.57 Å². The van der Waals surface area contributed by atoms with Crippen molar-refractivity contribution in [3.63, 3.8) is 0 Å². The molecule has 3 aromatic carbocycles. The van der Waals surface area contributed by atoms with Crippen LogP contribution in [0.15, 0.2) is 60.2 Å². The summed E-state index contributed by atoms with van der Waals surface area (Å²) in [6, 6.07) is 15.9. The minimum absolute atomic E-state index is 0.135. The van der Waals surface area contributed by atoms with Crippen LogP contribution in [0.1, 0.15) is 16.7 Å². The van der Waals surface area contributed by atoms with Crippen LogP contribution >= 0.6 is 0 Å². The van der Waals surface area contributed by atoms with E-state index in [9.17, 15) is 14.4 Å². The number of hydrogen-bond donors (Lipinski definition) is 1. The monoisotopic (exact) mass is 400 g/mol. The van der Waals surface area contributed by atoms with Gasteiger partial charge in [-0.3, -0.25) is 14.9 Å². The second-order valence-corrected chi connectivity index (χ2v) is 7.15. The molecular formula is C24H20N2O4. The summed E-state index contributed by atoms with van der Waals surface area (Å²) in [4.78, 5) is 39.3. The standard InChI is InChI=1S/C24H20N2O4/c1-14-8-10-20(15(2)12-14)26-23(28)19(22(27)25-24(26)29)13-18-17-7-5-4-6-16(17)9-11-21(18)30-3/h4-13H,1-3H3,(H,25,27,29)/b19-13+. The number of aryl methyl sites for hydroxylation is 2. The van der Waals surface area contributed by atoms with Gasteiger partial charge in [-0.15, -0.1) is 0 Å². The van der Waals surface area contributed by atoms with Crippen LogP contribution in [0.2, 0.25) is 0 Å². The Kier molecular flexibility index (Phi) is 4.83. The molecule has 0 atom stereocenters. The maximum absolute atomic E-state index is 13.3. The van der Waals surface area contributed by atoms with E-state index in [2.05, 4.69) is 5.32 Å². The molecule has 0 aromatic heterocycles. The smallest absolute Gasteiger partial charge is 0.335 e. The summed E-state index contributed by atoms with van der Waals surface area (Å²) in [5.74, 6) is -0.886. The van der Waals surface area contributed by atoms with Gasteiger partial charge in [-0.05, 0) is 48.4 Å². The van der Waals surface area contributed by atoms with Crippen molar-refractivity contribution in [3.8, 4) is 5.75 Å². The van der Waals surface area contributed by atoms with Gasteiger partial charge in [-0.2, -0.15) is 0 Å². The predicted molar refractivity (Wildman–Crippen MR) is 115 cm³/mol. The molecule has 0 saturated carbocycles. The Labute approximate surface area is 173 Å². The van der Waals surface area contributed by atoms with Crippen molar-refractivity contribution in [1.82, 2.24) is 5.32 Å². The van der Waals surface area contributed by atoms with Crippen LogP contribution in [-0.2, 0) is 9.59 Å². The van der Waals surface area contributed by atoms with Crippen molar-refractivity contribution in [1.29, 1.82) is 0 Å². The summed E-state index contributed by atoms with van der Waals surface area (Å²) in [5.41, 5.74) is 2.67. The van der Waals surface area contributed by atoms with E-state index < -0.39 is 17.8 Å². The molecule has 0 aliphatic carbocycles. The lowest BCUT2D eigenvalue weighted by atomic mass is 9.99. The molecule has 30 heavy (non-hydrogen) atoms. The predicted octanol–water partition coefficient (Wildman–Crippen LogP) is 4.13. The second kappa shape index (κ2) is 7.48. The van der Waals surface area contributed by atoms with Crippen LogP contribution in [0, 0.1) is 13.8 Å². The first-order chi connectivity index (χ1) is 14.4. The maximum atomic E-state index is 13.3. The van der Waals surface area contributed by atoms with Gasteiger partial charge in [0.15, 0.2) is 0 Å². The molecule has 1 aliphatic heterocycles. The molecule has 1 saturated heterocycles. The third kappa shape index (κ3) is 3.22. The van der Waals surface area contributed by atoms with Crippen LogP contribution < -0.4 is 15.0 Å². The number of hydrogen-bond acceptors (Lipinski definition) is 4. The number of ether oxygens (including phenoxy) is 1. The molecule has 4 amide bonds. The summed E-state index contributed by atoms with van der Waals surface area (Å²) in [5, 5.41) is 4.05. The van der Waals surface area contributed by atoms with Crippen molar-refractivity contribution in [3.05, 3.63) is 76.9 Å². The minimum atomic E-state index is -0.765. The maximum Gasteiger partial charge on any atom is 0.335 e. The first-order valence-corrected chi connectivity index (χ1v) is 9.45. The molecule has 0 radical (unpaired) electrons. The molecule has 150 valence electrons. The van der Waals surface area contributed by atoms with Gasteiger partial charge in [0.1, 0.15) is 11.3 Å². The van der Waals surface area contributed by atoms with Crippen LogP contribution in [0.3, 0.4) is 0 Å². The Morgan fingerprint density at radius 2 is 1.73 bits per heavy atom. The summed E-state index contributed by atoms with van der Waals surface area (Å²) in [6.07, 6.45) is 1.49. The number of nitrogens with one attached hydrogen (secondary N) is 1. The highest BCUT2D eigenvalue weighted by Gasteiger charge is 2.37. The quantitative estimate of drug-likeness (QED) is 0.530. The number of nitrogens with zero attached hydrogens (tertiary/aromatic N) is 1. The molecule has 1 heterocycles. The third-order valence-electron chi connectivity index (χ3n) is 5.13. The Morgan fingerprint density at radius 1 is 0.967 bits per heavy atom. The van der Waals surface area contributed by atoms with Crippen LogP contribution in [0.4, 0.5) is 10.5 Å². The first kappa shape index (κ1) is 19.4. The molecule has 1 aliphatic rings. The van der Waals surface area contributed by atoms with Crippen molar-refractivity contribution in [2.75, 3.05) is 12.0 Å². The number of rotatable bonds is 3. The van der Waals surface area contributed by atoms with Crippen molar-refractivity contribution >= 4 is 40.4 Å². The number of carbonyl (C=O) groups is 3. The van der Waals surface area contributed by atoms with Crippen molar-refractivity contribution in [2.24, 2.45) is 0 Å². The number of urea groups is 1. The lowest BCUT2D eigenvalue weighted by Crippen LogP contribution is -2.54. The fourth-order valence-corrected chi connectivity index (χ4v) is 3.68. The van der Waals surface area contributed by atoms with E-state index >= 15 is 0 Å². The number of anilines is 1. The molecule has 3 aromatic rings. The molecule has 0 bridgehead atoms. The van der Waals surface area contributed by atoms with Crippen LogP contribution in [0.25, 0.3) is 16.8 Å². The molecule has 6 heteroatoms. The summed E-state index contributed by atoms with van der Waals surface area (Å²) >= 11 is 0. The third-order valence-corrected chi connectivity index (χ3v) is 5.13. The van der Waals surface area contributed by atoms with E-state index in [1.54, 1.807) is 12.1 Å². The van der Waals surface area contributed by atoms with Crippen molar-refractivity contribution in [2.45, 2.75) is 13.8 Å². The SMILES string of the molecule is COc1ccc2ccccc2c1/C=C1\C(=O)NC(=O)N(c2ccc(C)cc2C)C1=O. The fourth-order valence-electron chi connectivity index (χ4n) is 3.68. The number of imide groups is 2.